The SMILES string of the molecule is Cc1cnc(C2COCCN2C(=O)Cc2csc(C)n2)[nH]1. The van der Waals surface area contributed by atoms with Gasteiger partial charge in [0.25, 0.3) is 0 Å². The van der Waals surface area contributed by atoms with Gasteiger partial charge >= 0.3 is 0 Å². The number of morpholine rings is 1. The summed E-state index contributed by atoms with van der Waals surface area (Å²) in [6.07, 6.45) is 2.11. The van der Waals surface area contributed by atoms with Crippen molar-refractivity contribution in [1.82, 2.24) is 19.9 Å². The van der Waals surface area contributed by atoms with Crippen molar-refractivity contribution in [2.24, 2.45) is 0 Å². The van der Waals surface area contributed by atoms with Crippen molar-refractivity contribution in [3.8, 4) is 0 Å². The fourth-order valence-electron chi connectivity index (χ4n) is 2.48. The molecule has 21 heavy (non-hydrogen) atoms. The summed E-state index contributed by atoms with van der Waals surface area (Å²) in [5, 5.41) is 2.93. The predicted molar refractivity (Wildman–Crippen MR) is 79.2 cm³/mol. The topological polar surface area (TPSA) is 71.1 Å². The fourth-order valence-corrected chi connectivity index (χ4v) is 3.09. The number of imidazole rings is 1. The van der Waals surface area contributed by atoms with Crippen LogP contribution in [-0.4, -0.2) is 45.5 Å². The number of hydrogen-bond donors (Lipinski definition) is 1. The smallest absolute Gasteiger partial charge is 0.229 e. The molecule has 1 amide bonds. The first-order valence-corrected chi connectivity index (χ1v) is 7.81. The lowest BCUT2D eigenvalue weighted by atomic mass is 10.2. The molecule has 6 nitrogen and oxygen atoms in total. The average molecular weight is 306 g/mol. The highest BCUT2D eigenvalue weighted by atomic mass is 32.1. The van der Waals surface area contributed by atoms with E-state index in [0.29, 0.717) is 26.2 Å². The zero-order valence-electron chi connectivity index (χ0n) is 12.1. The number of carbonyl (C=O) groups excluding carboxylic acids is 1. The maximum absolute atomic E-state index is 12.6. The molecule has 7 heteroatoms. The van der Waals surface area contributed by atoms with E-state index in [9.17, 15) is 4.79 Å². The van der Waals surface area contributed by atoms with Crippen LogP contribution in [-0.2, 0) is 16.0 Å². The first-order chi connectivity index (χ1) is 10.1. The van der Waals surface area contributed by atoms with Crippen LogP contribution in [0, 0.1) is 13.8 Å². The van der Waals surface area contributed by atoms with Crippen LogP contribution in [0.15, 0.2) is 11.6 Å². The lowest BCUT2D eigenvalue weighted by molar-refractivity contribution is -0.139. The minimum Gasteiger partial charge on any atom is -0.377 e. The molecule has 3 heterocycles. The summed E-state index contributed by atoms with van der Waals surface area (Å²) in [6.45, 7) is 5.53. The van der Waals surface area contributed by atoms with Crippen LogP contribution in [0.1, 0.15) is 28.3 Å². The standard InChI is InChI=1S/C14H18N4O2S/c1-9-6-15-14(16-9)12-7-20-4-3-18(12)13(19)5-11-8-21-10(2)17-11/h6,8,12H,3-5,7H2,1-2H3,(H,15,16). The zero-order chi connectivity index (χ0) is 14.8. The molecule has 1 aliphatic rings. The molecule has 1 aliphatic heterocycles. The Morgan fingerprint density at radius 1 is 1.57 bits per heavy atom. The Morgan fingerprint density at radius 3 is 3.10 bits per heavy atom. The molecule has 1 saturated heterocycles. The van der Waals surface area contributed by atoms with Gasteiger partial charge in [-0.25, -0.2) is 9.97 Å². The molecule has 0 aromatic carbocycles. The second kappa shape index (κ2) is 5.95. The Morgan fingerprint density at radius 2 is 2.43 bits per heavy atom. The molecule has 0 bridgehead atoms. The maximum Gasteiger partial charge on any atom is 0.229 e. The van der Waals surface area contributed by atoms with Gasteiger partial charge in [-0.3, -0.25) is 4.79 Å². The number of nitrogens with one attached hydrogen (secondary N) is 1. The summed E-state index contributed by atoms with van der Waals surface area (Å²) in [5.74, 6) is 0.859. The van der Waals surface area contributed by atoms with Crippen LogP contribution in [0.4, 0.5) is 0 Å². The Balaban J connectivity index is 1.75. The van der Waals surface area contributed by atoms with Crippen molar-refractivity contribution < 1.29 is 9.53 Å². The number of thiazole rings is 1. The van der Waals surface area contributed by atoms with Gasteiger partial charge in [-0.2, -0.15) is 0 Å². The van der Waals surface area contributed by atoms with Crippen molar-refractivity contribution in [1.29, 1.82) is 0 Å². The van der Waals surface area contributed by atoms with E-state index in [0.717, 1.165) is 22.2 Å². The minimum atomic E-state index is -0.139. The highest BCUT2D eigenvalue weighted by Gasteiger charge is 2.30. The number of ether oxygens (including phenoxy) is 1. The van der Waals surface area contributed by atoms with Gasteiger partial charge < -0.3 is 14.6 Å². The van der Waals surface area contributed by atoms with Crippen molar-refractivity contribution in [3.05, 3.63) is 33.8 Å². The first-order valence-electron chi connectivity index (χ1n) is 6.93. The van der Waals surface area contributed by atoms with Gasteiger partial charge in [-0.15, -0.1) is 11.3 Å². The third-order valence-electron chi connectivity index (χ3n) is 3.49. The number of aromatic amines is 1. The Bertz CT molecular complexity index is 636. The highest BCUT2D eigenvalue weighted by Crippen LogP contribution is 2.23. The summed E-state index contributed by atoms with van der Waals surface area (Å²) < 4.78 is 5.51. The van der Waals surface area contributed by atoms with Crippen LogP contribution >= 0.6 is 11.3 Å². The van der Waals surface area contributed by atoms with Crippen molar-refractivity contribution >= 4 is 17.2 Å². The third-order valence-corrected chi connectivity index (χ3v) is 4.31. The van der Waals surface area contributed by atoms with Crippen molar-refractivity contribution in [2.75, 3.05) is 19.8 Å². The molecule has 1 atom stereocenters. The molecule has 2 aromatic heterocycles. The van der Waals surface area contributed by atoms with Crippen LogP contribution < -0.4 is 0 Å². The Hall–Kier alpha value is -1.73. The Kier molecular flexibility index (Phi) is 4.03. The molecule has 0 aliphatic carbocycles. The van der Waals surface area contributed by atoms with E-state index in [1.807, 2.05) is 24.1 Å². The first kappa shape index (κ1) is 14.2. The summed E-state index contributed by atoms with van der Waals surface area (Å²) in [4.78, 5) is 26.3. The normalized spacial score (nSPS) is 19.0. The molecule has 3 rings (SSSR count). The summed E-state index contributed by atoms with van der Waals surface area (Å²) in [5.41, 5.74) is 1.82. The van der Waals surface area contributed by atoms with Gasteiger partial charge in [-0.1, -0.05) is 0 Å². The van der Waals surface area contributed by atoms with E-state index in [2.05, 4.69) is 15.0 Å². The number of nitrogens with zero attached hydrogens (tertiary/aromatic N) is 3. The number of amides is 1. The zero-order valence-corrected chi connectivity index (χ0v) is 12.9. The number of hydrogen-bond acceptors (Lipinski definition) is 5. The van der Waals surface area contributed by atoms with Gasteiger partial charge in [0.2, 0.25) is 5.91 Å². The quantitative estimate of drug-likeness (QED) is 0.935. The summed E-state index contributed by atoms with van der Waals surface area (Å²) in [7, 11) is 0. The lowest BCUT2D eigenvalue weighted by Crippen LogP contribution is -2.44. The number of rotatable bonds is 3. The van der Waals surface area contributed by atoms with Gasteiger partial charge in [-0.05, 0) is 13.8 Å². The van der Waals surface area contributed by atoms with Gasteiger partial charge in [0.1, 0.15) is 11.9 Å². The molecular formula is C14H18N4O2S. The largest absolute Gasteiger partial charge is 0.377 e. The van der Waals surface area contributed by atoms with Crippen LogP contribution in [0.2, 0.25) is 0 Å². The van der Waals surface area contributed by atoms with Gasteiger partial charge in [0.15, 0.2) is 0 Å². The second-order valence-corrected chi connectivity index (χ2v) is 6.23. The van der Waals surface area contributed by atoms with E-state index in [1.165, 1.54) is 0 Å². The molecule has 0 radical (unpaired) electrons. The Labute approximate surface area is 127 Å². The molecule has 1 fully saturated rings. The molecule has 0 saturated carbocycles. The summed E-state index contributed by atoms with van der Waals surface area (Å²) in [6, 6.07) is -0.139. The number of carbonyl (C=O) groups is 1. The van der Waals surface area contributed by atoms with Crippen LogP contribution in [0.5, 0.6) is 0 Å². The second-order valence-electron chi connectivity index (χ2n) is 5.16. The number of aryl methyl sites for hydroxylation is 2. The number of aromatic nitrogens is 3. The van der Waals surface area contributed by atoms with Gasteiger partial charge in [0.05, 0.1) is 30.3 Å². The molecule has 0 spiro atoms. The molecule has 1 unspecified atom stereocenters. The van der Waals surface area contributed by atoms with E-state index in [4.69, 9.17) is 4.74 Å². The molecular weight excluding hydrogens is 288 g/mol. The summed E-state index contributed by atoms with van der Waals surface area (Å²) >= 11 is 1.57. The average Bonchev–Trinajstić information content (AvgIpc) is 3.07. The predicted octanol–water partition coefficient (Wildman–Crippen LogP) is 1.63. The molecule has 112 valence electrons. The fraction of sp³-hybridized carbons (Fsp3) is 0.500. The van der Waals surface area contributed by atoms with Crippen LogP contribution in [0.25, 0.3) is 0 Å². The van der Waals surface area contributed by atoms with Crippen LogP contribution in [0.3, 0.4) is 0 Å². The van der Waals surface area contributed by atoms with E-state index < -0.39 is 0 Å². The van der Waals surface area contributed by atoms with Crippen molar-refractivity contribution in [3.63, 3.8) is 0 Å². The van der Waals surface area contributed by atoms with Gasteiger partial charge in [0, 0.05) is 23.8 Å². The lowest BCUT2D eigenvalue weighted by Gasteiger charge is -2.34. The highest BCUT2D eigenvalue weighted by molar-refractivity contribution is 7.09. The maximum atomic E-state index is 12.6. The van der Waals surface area contributed by atoms with Crippen molar-refractivity contribution in [2.45, 2.75) is 26.3 Å². The van der Waals surface area contributed by atoms with E-state index in [1.54, 1.807) is 17.5 Å². The monoisotopic (exact) mass is 306 g/mol. The number of H-pyrrole nitrogens is 1. The molecule has 1 N–H and O–H groups in total. The molecule has 2 aromatic rings. The van der Waals surface area contributed by atoms with E-state index >= 15 is 0 Å². The van der Waals surface area contributed by atoms with E-state index in [-0.39, 0.29) is 11.9 Å². The minimum absolute atomic E-state index is 0.0719. The third kappa shape index (κ3) is 3.14.